The molecular formula is C16H12ClN3. The minimum Gasteiger partial charge on any atom is -0.300 e. The third-order valence-electron chi connectivity index (χ3n) is 3.30. The number of aryl methyl sites for hydroxylation is 1. The number of imidazole rings is 1. The maximum Gasteiger partial charge on any atom is 0.137 e. The number of fused-ring (bicyclic) bond motifs is 1. The fourth-order valence-electron chi connectivity index (χ4n) is 2.40. The van der Waals surface area contributed by atoms with Crippen molar-refractivity contribution in [1.82, 2.24) is 9.38 Å². The molecule has 0 unspecified atom stereocenters. The summed E-state index contributed by atoms with van der Waals surface area (Å²) in [7, 11) is 0. The van der Waals surface area contributed by atoms with Gasteiger partial charge in [-0.2, -0.15) is 5.26 Å². The molecule has 2 aromatic heterocycles. The zero-order valence-corrected chi connectivity index (χ0v) is 11.7. The molecule has 3 nitrogen and oxygen atoms in total. The number of nitrogens with zero attached hydrogens (tertiary/aromatic N) is 3. The highest BCUT2D eigenvalue weighted by molar-refractivity contribution is 6.30. The highest BCUT2D eigenvalue weighted by atomic mass is 35.5. The van der Waals surface area contributed by atoms with Crippen molar-refractivity contribution in [3.05, 3.63) is 58.9 Å². The summed E-state index contributed by atoms with van der Waals surface area (Å²) in [5.74, 6) is 0. The van der Waals surface area contributed by atoms with E-state index < -0.39 is 0 Å². The van der Waals surface area contributed by atoms with Crippen LogP contribution in [0.1, 0.15) is 11.4 Å². The summed E-state index contributed by atoms with van der Waals surface area (Å²) in [6.45, 7) is 2.02. The molecule has 0 radical (unpaired) electrons. The largest absolute Gasteiger partial charge is 0.300 e. The molecule has 3 aromatic rings. The van der Waals surface area contributed by atoms with E-state index in [9.17, 15) is 0 Å². The van der Waals surface area contributed by atoms with Crippen LogP contribution in [0, 0.1) is 18.3 Å². The van der Waals surface area contributed by atoms with Crippen molar-refractivity contribution in [2.45, 2.75) is 13.3 Å². The number of hydrogen-bond acceptors (Lipinski definition) is 2. The summed E-state index contributed by atoms with van der Waals surface area (Å²) in [6, 6.07) is 15.7. The molecule has 0 N–H and O–H groups in total. The summed E-state index contributed by atoms with van der Waals surface area (Å²) < 4.78 is 2.03. The summed E-state index contributed by atoms with van der Waals surface area (Å²) in [5.41, 5.74) is 4.67. The minimum atomic E-state index is 0.323. The van der Waals surface area contributed by atoms with Gasteiger partial charge in [0.2, 0.25) is 0 Å². The minimum absolute atomic E-state index is 0.323. The van der Waals surface area contributed by atoms with Gasteiger partial charge in [0.05, 0.1) is 23.9 Å². The van der Waals surface area contributed by atoms with E-state index in [0.717, 1.165) is 28.3 Å². The molecule has 98 valence electrons. The van der Waals surface area contributed by atoms with Gasteiger partial charge in [-0.05, 0) is 31.2 Å². The van der Waals surface area contributed by atoms with Crippen molar-refractivity contribution >= 4 is 17.2 Å². The third-order valence-corrected chi connectivity index (χ3v) is 3.55. The van der Waals surface area contributed by atoms with Crippen molar-refractivity contribution in [2.75, 3.05) is 0 Å². The molecule has 0 aliphatic rings. The van der Waals surface area contributed by atoms with Crippen molar-refractivity contribution in [2.24, 2.45) is 0 Å². The Morgan fingerprint density at radius 1 is 1.20 bits per heavy atom. The number of nitriles is 1. The summed E-state index contributed by atoms with van der Waals surface area (Å²) in [5, 5.41) is 9.78. The summed E-state index contributed by atoms with van der Waals surface area (Å²) >= 11 is 5.93. The number of hydrogen-bond donors (Lipinski definition) is 0. The van der Waals surface area contributed by atoms with Gasteiger partial charge in [-0.15, -0.1) is 0 Å². The Labute approximate surface area is 122 Å². The molecule has 0 bridgehead atoms. The maximum absolute atomic E-state index is 9.09. The Bertz CT molecular complexity index is 810. The number of rotatable bonds is 2. The standard InChI is InChI=1S/C16H12ClN3/c1-11-3-2-4-15-19-16(14(9-10-18)20(11)15)12-5-7-13(17)8-6-12/h2-8H,9H2,1H3. The van der Waals surface area contributed by atoms with E-state index in [1.165, 1.54) is 0 Å². The lowest BCUT2D eigenvalue weighted by Crippen LogP contribution is -1.97. The average Bonchev–Trinajstić information content (AvgIpc) is 2.80. The second-order valence-electron chi connectivity index (χ2n) is 4.61. The van der Waals surface area contributed by atoms with Crippen molar-refractivity contribution in [3.8, 4) is 17.3 Å². The molecule has 0 spiro atoms. The van der Waals surface area contributed by atoms with Crippen LogP contribution >= 0.6 is 11.6 Å². The Balaban J connectivity index is 2.30. The molecular weight excluding hydrogens is 270 g/mol. The molecule has 4 heteroatoms. The lowest BCUT2D eigenvalue weighted by atomic mass is 10.1. The van der Waals surface area contributed by atoms with Crippen molar-refractivity contribution in [1.29, 1.82) is 5.26 Å². The Kier molecular flexibility index (Phi) is 3.17. The van der Waals surface area contributed by atoms with Gasteiger partial charge in [-0.1, -0.05) is 29.8 Å². The molecule has 20 heavy (non-hydrogen) atoms. The quantitative estimate of drug-likeness (QED) is 0.711. The van der Waals surface area contributed by atoms with Gasteiger partial charge in [0, 0.05) is 16.3 Å². The van der Waals surface area contributed by atoms with Gasteiger partial charge in [0.25, 0.3) is 0 Å². The number of pyridine rings is 1. The average molecular weight is 282 g/mol. The van der Waals surface area contributed by atoms with Gasteiger partial charge in [0.15, 0.2) is 0 Å². The van der Waals surface area contributed by atoms with Crippen molar-refractivity contribution in [3.63, 3.8) is 0 Å². The van der Waals surface area contributed by atoms with E-state index in [-0.39, 0.29) is 0 Å². The predicted octanol–water partition coefficient (Wildman–Crippen LogP) is 4.03. The van der Waals surface area contributed by atoms with E-state index in [1.807, 2.05) is 53.8 Å². The fourth-order valence-corrected chi connectivity index (χ4v) is 2.53. The molecule has 0 fully saturated rings. The van der Waals surface area contributed by atoms with Crippen LogP contribution in [0.3, 0.4) is 0 Å². The van der Waals surface area contributed by atoms with Crippen LogP contribution in [-0.2, 0) is 6.42 Å². The van der Waals surface area contributed by atoms with E-state index in [1.54, 1.807) is 0 Å². The lowest BCUT2D eigenvalue weighted by molar-refractivity contribution is 1.00. The van der Waals surface area contributed by atoms with E-state index in [0.29, 0.717) is 11.4 Å². The Morgan fingerprint density at radius 3 is 2.65 bits per heavy atom. The first-order valence-electron chi connectivity index (χ1n) is 6.30. The van der Waals surface area contributed by atoms with E-state index in [2.05, 4.69) is 11.1 Å². The molecule has 0 atom stereocenters. The molecule has 0 aliphatic heterocycles. The zero-order chi connectivity index (χ0) is 14.1. The second-order valence-corrected chi connectivity index (χ2v) is 5.05. The number of aromatic nitrogens is 2. The third kappa shape index (κ3) is 2.04. The topological polar surface area (TPSA) is 41.1 Å². The first-order chi connectivity index (χ1) is 9.70. The molecule has 0 saturated heterocycles. The summed E-state index contributed by atoms with van der Waals surface area (Å²) in [6.07, 6.45) is 0.323. The van der Waals surface area contributed by atoms with Crippen LogP contribution < -0.4 is 0 Å². The molecule has 2 heterocycles. The van der Waals surface area contributed by atoms with Crippen LogP contribution in [0.2, 0.25) is 5.02 Å². The van der Waals surface area contributed by atoms with Crippen LogP contribution in [0.15, 0.2) is 42.5 Å². The fraction of sp³-hybridized carbons (Fsp3) is 0.125. The van der Waals surface area contributed by atoms with Crippen molar-refractivity contribution < 1.29 is 0 Å². The van der Waals surface area contributed by atoms with Gasteiger partial charge in [-0.3, -0.25) is 4.40 Å². The van der Waals surface area contributed by atoms with Crippen LogP contribution in [0.5, 0.6) is 0 Å². The number of benzene rings is 1. The highest BCUT2D eigenvalue weighted by Crippen LogP contribution is 2.27. The molecule has 0 saturated carbocycles. The van der Waals surface area contributed by atoms with Gasteiger partial charge in [0.1, 0.15) is 5.65 Å². The van der Waals surface area contributed by atoms with Gasteiger partial charge >= 0.3 is 0 Å². The van der Waals surface area contributed by atoms with Crippen LogP contribution in [0.25, 0.3) is 16.9 Å². The Hall–Kier alpha value is -2.31. The first kappa shape index (κ1) is 12.7. The summed E-state index contributed by atoms with van der Waals surface area (Å²) in [4.78, 5) is 4.66. The molecule has 1 aromatic carbocycles. The lowest BCUT2D eigenvalue weighted by Gasteiger charge is -2.04. The second kappa shape index (κ2) is 4.99. The number of halogens is 1. The molecule has 0 amide bonds. The van der Waals surface area contributed by atoms with Crippen LogP contribution in [-0.4, -0.2) is 9.38 Å². The van der Waals surface area contributed by atoms with Crippen LogP contribution in [0.4, 0.5) is 0 Å². The Morgan fingerprint density at radius 2 is 1.95 bits per heavy atom. The first-order valence-corrected chi connectivity index (χ1v) is 6.68. The highest BCUT2D eigenvalue weighted by Gasteiger charge is 2.14. The zero-order valence-electron chi connectivity index (χ0n) is 11.0. The predicted molar refractivity (Wildman–Crippen MR) is 79.7 cm³/mol. The van der Waals surface area contributed by atoms with E-state index >= 15 is 0 Å². The monoisotopic (exact) mass is 281 g/mol. The smallest absolute Gasteiger partial charge is 0.137 e. The van der Waals surface area contributed by atoms with E-state index in [4.69, 9.17) is 16.9 Å². The normalized spacial score (nSPS) is 10.7. The van der Waals surface area contributed by atoms with Gasteiger partial charge in [-0.25, -0.2) is 4.98 Å². The molecule has 3 rings (SSSR count). The maximum atomic E-state index is 9.09. The SMILES string of the molecule is Cc1cccc2nc(-c3ccc(Cl)cc3)c(CC#N)n12. The molecule has 0 aliphatic carbocycles. The van der Waals surface area contributed by atoms with Gasteiger partial charge < -0.3 is 0 Å².